The van der Waals surface area contributed by atoms with Crippen LogP contribution in [-0.4, -0.2) is 46.2 Å². The van der Waals surface area contributed by atoms with Crippen LogP contribution in [0.2, 0.25) is 0 Å². The van der Waals surface area contributed by atoms with E-state index in [0.717, 1.165) is 4.90 Å². The first-order chi connectivity index (χ1) is 8.54. The van der Waals surface area contributed by atoms with Crippen molar-refractivity contribution in [3.63, 3.8) is 0 Å². The highest BCUT2D eigenvalue weighted by Crippen LogP contribution is 2.10. The second kappa shape index (κ2) is 6.93. The van der Waals surface area contributed by atoms with Crippen LogP contribution in [0.15, 0.2) is 0 Å². The predicted molar refractivity (Wildman–Crippen MR) is 69.7 cm³/mol. The minimum absolute atomic E-state index is 0.0885. The van der Waals surface area contributed by atoms with Gasteiger partial charge in [-0.1, -0.05) is 0 Å². The lowest BCUT2D eigenvalue weighted by Gasteiger charge is -2.26. The van der Waals surface area contributed by atoms with Crippen molar-refractivity contribution in [3.05, 3.63) is 0 Å². The second-order valence-electron chi connectivity index (χ2n) is 5.10. The fourth-order valence-electron chi connectivity index (χ4n) is 1.22. The zero-order valence-corrected chi connectivity index (χ0v) is 11.5. The molecule has 0 heterocycles. The summed E-state index contributed by atoms with van der Waals surface area (Å²) in [7, 11) is 0. The van der Waals surface area contributed by atoms with Crippen molar-refractivity contribution in [2.45, 2.75) is 45.3 Å². The van der Waals surface area contributed by atoms with E-state index in [0.29, 0.717) is 6.42 Å². The van der Waals surface area contributed by atoms with Crippen LogP contribution in [-0.2, 0) is 9.53 Å². The normalized spacial score (nSPS) is 12.6. The number of carbonyl (C=O) groups is 2. The van der Waals surface area contributed by atoms with Crippen molar-refractivity contribution in [1.82, 2.24) is 4.90 Å². The van der Waals surface area contributed by atoms with Crippen molar-refractivity contribution in [1.29, 1.82) is 5.41 Å². The molecule has 1 amide bonds. The zero-order valence-electron chi connectivity index (χ0n) is 11.5. The van der Waals surface area contributed by atoms with Crippen LogP contribution in [0.4, 0.5) is 4.79 Å². The van der Waals surface area contributed by atoms with Gasteiger partial charge in [0.05, 0.1) is 0 Å². The van der Waals surface area contributed by atoms with E-state index in [2.05, 4.69) is 0 Å². The molecule has 0 aliphatic rings. The average molecular weight is 274 g/mol. The van der Waals surface area contributed by atoms with Crippen LogP contribution in [0.3, 0.4) is 0 Å². The highest BCUT2D eigenvalue weighted by Gasteiger charge is 2.24. The number of carbonyl (C=O) groups excluding carboxylic acids is 1. The molecule has 0 rings (SSSR count). The Labute approximate surface area is 112 Å². The van der Waals surface area contributed by atoms with Gasteiger partial charge in [-0.15, -0.1) is 0 Å². The summed E-state index contributed by atoms with van der Waals surface area (Å²) >= 11 is 0. The SMILES string of the molecule is CC(C)(C)OC(=O)N(CCC[C@@H](N)C(=O)O)C(=N)N. The van der Waals surface area contributed by atoms with E-state index in [1.165, 1.54) is 0 Å². The average Bonchev–Trinajstić information content (AvgIpc) is 2.20. The number of nitrogens with one attached hydrogen (secondary N) is 1. The van der Waals surface area contributed by atoms with Crippen molar-refractivity contribution in [2.75, 3.05) is 6.54 Å². The van der Waals surface area contributed by atoms with E-state index in [1.54, 1.807) is 20.8 Å². The number of guanidine groups is 1. The van der Waals surface area contributed by atoms with Gasteiger partial charge in [0.2, 0.25) is 0 Å². The Morgan fingerprint density at radius 3 is 2.32 bits per heavy atom. The molecule has 0 radical (unpaired) electrons. The van der Waals surface area contributed by atoms with Crippen LogP contribution in [0.25, 0.3) is 0 Å². The molecule has 110 valence electrons. The maximum absolute atomic E-state index is 11.7. The number of nitrogens with zero attached hydrogens (tertiary/aromatic N) is 1. The molecule has 1 atom stereocenters. The van der Waals surface area contributed by atoms with Gasteiger partial charge < -0.3 is 21.3 Å². The summed E-state index contributed by atoms with van der Waals surface area (Å²) in [5.41, 5.74) is 9.94. The lowest BCUT2D eigenvalue weighted by molar-refractivity contribution is -0.138. The number of carboxylic acid groups (broad SMARTS) is 1. The molecule has 0 aromatic carbocycles. The van der Waals surface area contributed by atoms with Crippen LogP contribution in [0.1, 0.15) is 33.6 Å². The summed E-state index contributed by atoms with van der Waals surface area (Å²) in [5.74, 6) is -1.55. The molecule has 0 aromatic rings. The standard InChI is InChI=1S/C11H22N4O4/c1-11(2,3)19-10(18)15(9(13)14)6-4-5-7(12)8(16)17/h7H,4-6,12H2,1-3H3,(H3,13,14)(H,16,17)/t7-/m1/s1. The van der Waals surface area contributed by atoms with Crippen LogP contribution in [0, 0.1) is 5.41 Å². The minimum Gasteiger partial charge on any atom is -0.480 e. The van der Waals surface area contributed by atoms with Gasteiger partial charge in [-0.25, -0.2) is 9.69 Å². The second-order valence-corrected chi connectivity index (χ2v) is 5.10. The first kappa shape index (κ1) is 17.2. The van der Waals surface area contributed by atoms with Crippen LogP contribution < -0.4 is 11.5 Å². The Kier molecular flexibility index (Phi) is 6.26. The lowest BCUT2D eigenvalue weighted by atomic mass is 10.1. The number of hydrogen-bond acceptors (Lipinski definition) is 5. The molecule has 0 bridgehead atoms. The van der Waals surface area contributed by atoms with Gasteiger partial charge >= 0.3 is 12.1 Å². The van der Waals surface area contributed by atoms with Gasteiger partial charge in [0, 0.05) is 6.54 Å². The smallest absolute Gasteiger partial charge is 0.417 e. The summed E-state index contributed by atoms with van der Waals surface area (Å²) in [6.45, 7) is 5.18. The highest BCUT2D eigenvalue weighted by molar-refractivity contribution is 5.91. The molecule has 6 N–H and O–H groups in total. The van der Waals surface area contributed by atoms with Crippen molar-refractivity contribution in [2.24, 2.45) is 11.5 Å². The number of nitrogens with two attached hydrogens (primary N) is 2. The zero-order chi connectivity index (χ0) is 15.2. The number of ether oxygens (including phenoxy) is 1. The summed E-state index contributed by atoms with van der Waals surface area (Å²) in [6.07, 6.45) is -0.238. The van der Waals surface area contributed by atoms with Crippen molar-refractivity contribution >= 4 is 18.0 Å². The summed E-state index contributed by atoms with van der Waals surface area (Å²) in [5, 5.41) is 15.9. The number of aliphatic carboxylic acids is 1. The summed E-state index contributed by atoms with van der Waals surface area (Å²) in [6, 6.07) is -0.993. The fourth-order valence-corrected chi connectivity index (χ4v) is 1.22. The van der Waals surface area contributed by atoms with Gasteiger partial charge in [0.15, 0.2) is 5.96 Å². The Bertz CT molecular complexity index is 351. The molecular formula is C11H22N4O4. The molecule has 0 saturated carbocycles. The maximum Gasteiger partial charge on any atom is 0.417 e. The Balaban J connectivity index is 4.39. The molecule has 0 fully saturated rings. The van der Waals surface area contributed by atoms with Crippen LogP contribution in [0.5, 0.6) is 0 Å². The molecule has 8 heteroatoms. The maximum atomic E-state index is 11.7. The van der Waals surface area contributed by atoms with E-state index in [4.69, 9.17) is 26.7 Å². The first-order valence-corrected chi connectivity index (χ1v) is 5.87. The first-order valence-electron chi connectivity index (χ1n) is 5.87. The molecule has 0 saturated heterocycles. The molecule has 0 aliphatic heterocycles. The van der Waals surface area contributed by atoms with E-state index >= 15 is 0 Å². The van der Waals surface area contributed by atoms with E-state index in [-0.39, 0.29) is 13.0 Å². The third-order valence-electron chi connectivity index (χ3n) is 2.12. The summed E-state index contributed by atoms with van der Waals surface area (Å²) in [4.78, 5) is 23.2. The molecule has 0 aliphatic carbocycles. The minimum atomic E-state index is -1.10. The van der Waals surface area contributed by atoms with Crippen molar-refractivity contribution < 1.29 is 19.4 Å². The summed E-state index contributed by atoms with van der Waals surface area (Å²) < 4.78 is 5.08. The monoisotopic (exact) mass is 274 g/mol. The number of amides is 1. The van der Waals surface area contributed by atoms with Gasteiger partial charge in [-0.3, -0.25) is 10.2 Å². The largest absolute Gasteiger partial charge is 0.480 e. The molecular weight excluding hydrogens is 252 g/mol. The van der Waals surface area contributed by atoms with Crippen molar-refractivity contribution in [3.8, 4) is 0 Å². The third kappa shape index (κ3) is 7.24. The molecule has 0 spiro atoms. The van der Waals surface area contributed by atoms with Gasteiger partial charge in [-0.2, -0.15) is 0 Å². The van der Waals surface area contributed by atoms with Gasteiger partial charge in [-0.05, 0) is 33.6 Å². The molecule has 0 unspecified atom stereocenters. The fraction of sp³-hybridized carbons (Fsp3) is 0.727. The molecule has 8 nitrogen and oxygen atoms in total. The van der Waals surface area contributed by atoms with E-state index < -0.39 is 29.7 Å². The molecule has 19 heavy (non-hydrogen) atoms. The number of hydrogen-bond donors (Lipinski definition) is 4. The lowest BCUT2D eigenvalue weighted by Crippen LogP contribution is -2.45. The Morgan fingerprint density at radius 1 is 1.42 bits per heavy atom. The molecule has 0 aromatic heterocycles. The van der Waals surface area contributed by atoms with E-state index in [9.17, 15) is 9.59 Å². The topological polar surface area (TPSA) is 143 Å². The predicted octanol–water partition coefficient (Wildman–Crippen LogP) is 0.309. The Hall–Kier alpha value is -1.83. The third-order valence-corrected chi connectivity index (χ3v) is 2.12. The number of rotatable bonds is 5. The van der Waals surface area contributed by atoms with E-state index in [1.807, 2.05) is 0 Å². The Morgan fingerprint density at radius 2 is 1.95 bits per heavy atom. The number of carboxylic acids is 1. The van der Waals surface area contributed by atoms with Gasteiger partial charge in [0.1, 0.15) is 11.6 Å². The van der Waals surface area contributed by atoms with Gasteiger partial charge in [0.25, 0.3) is 0 Å². The van der Waals surface area contributed by atoms with Crippen LogP contribution >= 0.6 is 0 Å². The quantitative estimate of drug-likeness (QED) is 0.419. The highest BCUT2D eigenvalue weighted by atomic mass is 16.6.